The van der Waals surface area contributed by atoms with Crippen LogP contribution in [0.5, 0.6) is 0 Å². The quantitative estimate of drug-likeness (QED) is 0.749. The summed E-state index contributed by atoms with van der Waals surface area (Å²) in [5, 5.41) is 5.23. The average Bonchev–Trinajstić information content (AvgIpc) is 2.40. The van der Waals surface area contributed by atoms with E-state index >= 15 is 0 Å². The highest BCUT2D eigenvalue weighted by atomic mass is 19.1. The van der Waals surface area contributed by atoms with Crippen molar-refractivity contribution in [3.8, 4) is 0 Å². The fraction of sp³-hybridized carbons (Fsp3) is 0.529. The number of rotatable bonds is 7. The molecule has 0 bridgehead atoms. The molecule has 0 unspecified atom stereocenters. The highest BCUT2D eigenvalue weighted by Crippen LogP contribution is 2.08. The molecule has 0 aromatic heterocycles. The number of nitrogens with one attached hydrogen (secondary N) is 2. The highest BCUT2D eigenvalue weighted by Gasteiger charge is 2.15. The van der Waals surface area contributed by atoms with Crippen LogP contribution in [0.25, 0.3) is 0 Å². The minimum absolute atomic E-state index is 0.183. The Labute approximate surface area is 140 Å². The van der Waals surface area contributed by atoms with Crippen LogP contribution in [0.15, 0.2) is 18.2 Å². The van der Waals surface area contributed by atoms with Gasteiger partial charge in [-0.05, 0) is 51.3 Å². The monoisotopic (exact) mass is 342 g/mol. The summed E-state index contributed by atoms with van der Waals surface area (Å²) in [5.74, 6) is -1.45. The Balaban J connectivity index is 2.15. The van der Waals surface area contributed by atoms with Gasteiger partial charge in [-0.15, -0.1) is 0 Å². The number of hydrogen-bond donors (Lipinski definition) is 2. The smallest absolute Gasteiger partial charge is 0.407 e. The Hall–Kier alpha value is -2.18. The topological polar surface area (TPSA) is 67.4 Å². The van der Waals surface area contributed by atoms with Crippen LogP contribution in [-0.4, -0.2) is 30.7 Å². The number of hydrogen-bond acceptors (Lipinski definition) is 3. The SMILES string of the molecule is CC(C)(C)OC(=O)NCCCC(=O)NCCc1cc(F)cc(F)c1. The molecule has 0 spiro atoms. The zero-order chi connectivity index (χ0) is 18.2. The standard InChI is InChI=1S/C17H24F2N2O3/c1-17(2,3)24-16(23)21-7-4-5-15(22)20-8-6-12-9-13(18)11-14(19)10-12/h9-11H,4-8H2,1-3H3,(H,20,22)(H,21,23). The van der Waals surface area contributed by atoms with Gasteiger partial charge in [-0.25, -0.2) is 13.6 Å². The first-order chi connectivity index (χ1) is 11.2. The van der Waals surface area contributed by atoms with Crippen molar-refractivity contribution >= 4 is 12.0 Å². The molecule has 7 heteroatoms. The minimum atomic E-state index is -0.635. The molecule has 5 nitrogen and oxygen atoms in total. The van der Waals surface area contributed by atoms with E-state index in [0.29, 0.717) is 31.5 Å². The zero-order valence-corrected chi connectivity index (χ0v) is 14.2. The molecule has 134 valence electrons. The van der Waals surface area contributed by atoms with Gasteiger partial charge in [-0.1, -0.05) is 0 Å². The highest BCUT2D eigenvalue weighted by molar-refractivity contribution is 5.76. The van der Waals surface area contributed by atoms with Crippen LogP contribution in [0, 0.1) is 11.6 Å². The van der Waals surface area contributed by atoms with Gasteiger partial charge in [0, 0.05) is 25.6 Å². The second-order valence-electron chi connectivity index (χ2n) is 6.41. The third-order valence-corrected chi connectivity index (χ3v) is 2.91. The first-order valence-electron chi connectivity index (χ1n) is 7.84. The number of benzene rings is 1. The van der Waals surface area contributed by atoms with E-state index in [-0.39, 0.29) is 12.3 Å². The summed E-state index contributed by atoms with van der Waals surface area (Å²) in [6.07, 6.45) is 0.542. The summed E-state index contributed by atoms with van der Waals surface area (Å²) in [6, 6.07) is 3.28. The second-order valence-corrected chi connectivity index (χ2v) is 6.41. The molecular weight excluding hydrogens is 318 g/mol. The fourth-order valence-electron chi connectivity index (χ4n) is 1.94. The van der Waals surface area contributed by atoms with Crippen molar-refractivity contribution < 1.29 is 23.1 Å². The largest absolute Gasteiger partial charge is 0.444 e. The van der Waals surface area contributed by atoms with Gasteiger partial charge in [-0.3, -0.25) is 4.79 Å². The van der Waals surface area contributed by atoms with Crippen molar-refractivity contribution in [2.75, 3.05) is 13.1 Å². The van der Waals surface area contributed by atoms with E-state index in [4.69, 9.17) is 4.74 Å². The lowest BCUT2D eigenvalue weighted by molar-refractivity contribution is -0.121. The lowest BCUT2D eigenvalue weighted by Crippen LogP contribution is -2.33. The lowest BCUT2D eigenvalue weighted by atomic mass is 10.1. The van der Waals surface area contributed by atoms with Crippen molar-refractivity contribution in [3.63, 3.8) is 0 Å². The molecule has 1 aromatic carbocycles. The zero-order valence-electron chi connectivity index (χ0n) is 14.2. The molecular formula is C17H24F2N2O3. The van der Waals surface area contributed by atoms with Crippen LogP contribution in [0.1, 0.15) is 39.2 Å². The van der Waals surface area contributed by atoms with E-state index in [9.17, 15) is 18.4 Å². The van der Waals surface area contributed by atoms with Crippen LogP contribution in [0.3, 0.4) is 0 Å². The van der Waals surface area contributed by atoms with Gasteiger partial charge in [-0.2, -0.15) is 0 Å². The predicted octanol–water partition coefficient (Wildman–Crippen LogP) is 2.93. The number of carbonyl (C=O) groups excluding carboxylic acids is 2. The van der Waals surface area contributed by atoms with E-state index in [1.807, 2.05) is 0 Å². The normalized spacial score (nSPS) is 11.0. The average molecular weight is 342 g/mol. The number of ether oxygens (including phenoxy) is 1. The molecule has 1 aromatic rings. The van der Waals surface area contributed by atoms with Crippen LogP contribution >= 0.6 is 0 Å². The number of amides is 2. The molecule has 0 aliphatic heterocycles. The lowest BCUT2D eigenvalue weighted by Gasteiger charge is -2.19. The van der Waals surface area contributed by atoms with E-state index in [2.05, 4.69) is 10.6 Å². The Bertz CT molecular complexity index is 551. The molecule has 0 saturated carbocycles. The van der Waals surface area contributed by atoms with Gasteiger partial charge in [0.1, 0.15) is 17.2 Å². The minimum Gasteiger partial charge on any atom is -0.444 e. The molecule has 2 N–H and O–H groups in total. The van der Waals surface area contributed by atoms with Gasteiger partial charge in [0.25, 0.3) is 0 Å². The third-order valence-electron chi connectivity index (χ3n) is 2.91. The number of alkyl carbamates (subject to hydrolysis) is 1. The van der Waals surface area contributed by atoms with Crippen molar-refractivity contribution in [3.05, 3.63) is 35.4 Å². The van der Waals surface area contributed by atoms with Crippen LogP contribution in [0.2, 0.25) is 0 Å². The van der Waals surface area contributed by atoms with Gasteiger partial charge in [0.05, 0.1) is 0 Å². The van der Waals surface area contributed by atoms with E-state index in [0.717, 1.165) is 6.07 Å². The molecule has 0 heterocycles. The summed E-state index contributed by atoms with van der Waals surface area (Å²) in [5.41, 5.74) is -0.0721. The summed E-state index contributed by atoms with van der Waals surface area (Å²) in [6.45, 7) is 5.93. The molecule has 0 atom stereocenters. The molecule has 24 heavy (non-hydrogen) atoms. The maximum Gasteiger partial charge on any atom is 0.407 e. The van der Waals surface area contributed by atoms with Gasteiger partial charge >= 0.3 is 6.09 Å². The maximum absolute atomic E-state index is 13.0. The summed E-state index contributed by atoms with van der Waals surface area (Å²) >= 11 is 0. The van der Waals surface area contributed by atoms with Gasteiger partial charge < -0.3 is 15.4 Å². The van der Waals surface area contributed by atoms with Crippen molar-refractivity contribution in [1.29, 1.82) is 0 Å². The molecule has 0 fully saturated rings. The summed E-state index contributed by atoms with van der Waals surface area (Å²) in [4.78, 5) is 23.0. The van der Waals surface area contributed by atoms with Crippen molar-refractivity contribution in [1.82, 2.24) is 10.6 Å². The predicted molar refractivity (Wildman–Crippen MR) is 86.5 cm³/mol. The third kappa shape index (κ3) is 9.07. The van der Waals surface area contributed by atoms with Crippen molar-refractivity contribution in [2.45, 2.75) is 45.6 Å². The van der Waals surface area contributed by atoms with E-state index in [1.54, 1.807) is 20.8 Å². The van der Waals surface area contributed by atoms with Crippen molar-refractivity contribution in [2.24, 2.45) is 0 Å². The van der Waals surface area contributed by atoms with Crippen LogP contribution in [-0.2, 0) is 16.0 Å². The molecule has 1 rings (SSSR count). The number of carbonyl (C=O) groups is 2. The van der Waals surface area contributed by atoms with E-state index in [1.165, 1.54) is 12.1 Å². The van der Waals surface area contributed by atoms with Crippen LogP contribution in [0.4, 0.5) is 13.6 Å². The summed E-state index contributed by atoms with van der Waals surface area (Å²) in [7, 11) is 0. The second kappa shape index (κ2) is 9.20. The molecule has 0 aliphatic carbocycles. The molecule has 0 radical (unpaired) electrons. The van der Waals surface area contributed by atoms with Gasteiger partial charge in [0.15, 0.2) is 0 Å². The number of halogens is 2. The first-order valence-corrected chi connectivity index (χ1v) is 7.84. The molecule has 2 amide bonds. The maximum atomic E-state index is 13.0. The Morgan fingerprint density at radius 2 is 1.67 bits per heavy atom. The Morgan fingerprint density at radius 1 is 1.04 bits per heavy atom. The molecule has 0 aliphatic rings. The fourth-order valence-corrected chi connectivity index (χ4v) is 1.94. The molecule has 0 saturated heterocycles. The Kier molecular flexibility index (Phi) is 7.61. The van der Waals surface area contributed by atoms with E-state index < -0.39 is 23.3 Å². The Morgan fingerprint density at radius 3 is 2.25 bits per heavy atom. The van der Waals surface area contributed by atoms with Gasteiger partial charge in [0.2, 0.25) is 5.91 Å². The van der Waals surface area contributed by atoms with Crippen LogP contribution < -0.4 is 10.6 Å². The first kappa shape index (κ1) is 19.9. The summed E-state index contributed by atoms with van der Waals surface area (Å²) < 4.78 is 31.1.